The number of carbonyl (C=O) groups is 2. The number of likely N-dealkylation sites (N-methyl/N-ethyl adjacent to an activating group) is 1. The minimum atomic E-state index is -0.282. The summed E-state index contributed by atoms with van der Waals surface area (Å²) in [5.74, 6) is 0.334. The maximum absolute atomic E-state index is 13.1. The summed E-state index contributed by atoms with van der Waals surface area (Å²) in [4.78, 5) is 30.1. The van der Waals surface area contributed by atoms with Gasteiger partial charge in [0.1, 0.15) is 5.75 Å². The van der Waals surface area contributed by atoms with Crippen molar-refractivity contribution in [3.8, 4) is 5.75 Å². The van der Waals surface area contributed by atoms with Crippen LogP contribution in [0.5, 0.6) is 5.75 Å². The van der Waals surface area contributed by atoms with Crippen LogP contribution in [0.2, 0.25) is 0 Å². The van der Waals surface area contributed by atoms with Gasteiger partial charge >= 0.3 is 0 Å². The SMILES string of the molecule is CN1CCN(C(=O)c2ccccc2NC(=O)c2ccc(OCCc3ccccc3)c(Br)c2)CC1. The Balaban J connectivity index is 1.40. The number of piperazine rings is 1. The number of nitrogens with one attached hydrogen (secondary N) is 1. The Hall–Kier alpha value is -3.16. The molecule has 2 amide bonds. The van der Waals surface area contributed by atoms with Crippen LogP contribution < -0.4 is 10.1 Å². The molecule has 34 heavy (non-hydrogen) atoms. The van der Waals surface area contributed by atoms with E-state index < -0.39 is 0 Å². The smallest absolute Gasteiger partial charge is 0.256 e. The van der Waals surface area contributed by atoms with Crippen molar-refractivity contribution >= 4 is 33.4 Å². The molecule has 0 aromatic heterocycles. The third-order valence-corrected chi connectivity index (χ3v) is 6.50. The minimum absolute atomic E-state index is 0.0626. The summed E-state index contributed by atoms with van der Waals surface area (Å²) in [5.41, 5.74) is 2.69. The molecule has 1 aliphatic rings. The van der Waals surface area contributed by atoms with Gasteiger partial charge in [0.05, 0.1) is 22.3 Å². The second kappa shape index (κ2) is 11.3. The number of anilines is 1. The summed E-state index contributed by atoms with van der Waals surface area (Å²) in [7, 11) is 2.05. The lowest BCUT2D eigenvalue weighted by Gasteiger charge is -2.32. The van der Waals surface area contributed by atoms with Crippen molar-refractivity contribution in [3.63, 3.8) is 0 Å². The van der Waals surface area contributed by atoms with E-state index in [2.05, 4.69) is 38.3 Å². The van der Waals surface area contributed by atoms with Gasteiger partial charge in [0, 0.05) is 38.2 Å². The number of nitrogens with zero attached hydrogens (tertiary/aromatic N) is 2. The van der Waals surface area contributed by atoms with Crippen LogP contribution in [-0.2, 0) is 6.42 Å². The van der Waals surface area contributed by atoms with Crippen molar-refractivity contribution in [2.45, 2.75) is 6.42 Å². The number of carbonyl (C=O) groups excluding carboxylic acids is 2. The summed E-state index contributed by atoms with van der Waals surface area (Å²) in [5, 5.41) is 2.91. The zero-order valence-corrected chi connectivity index (χ0v) is 20.8. The van der Waals surface area contributed by atoms with Gasteiger partial charge in [0.2, 0.25) is 0 Å². The molecule has 1 N–H and O–H groups in total. The summed E-state index contributed by atoms with van der Waals surface area (Å²) >= 11 is 3.51. The number of benzene rings is 3. The molecule has 6 nitrogen and oxygen atoms in total. The van der Waals surface area contributed by atoms with Gasteiger partial charge in [-0.15, -0.1) is 0 Å². The first-order valence-corrected chi connectivity index (χ1v) is 12.1. The van der Waals surface area contributed by atoms with E-state index in [1.54, 1.807) is 30.3 Å². The maximum atomic E-state index is 13.1. The van der Waals surface area contributed by atoms with Crippen molar-refractivity contribution in [2.75, 3.05) is 45.2 Å². The summed E-state index contributed by atoms with van der Waals surface area (Å²) in [6, 6.07) is 22.5. The first-order chi connectivity index (χ1) is 16.5. The molecule has 0 bridgehead atoms. The predicted octanol–water partition coefficient (Wildman–Crippen LogP) is 4.71. The Kier molecular flexibility index (Phi) is 7.98. The average Bonchev–Trinajstić information content (AvgIpc) is 2.86. The topological polar surface area (TPSA) is 61.9 Å². The van der Waals surface area contributed by atoms with E-state index in [0.29, 0.717) is 46.7 Å². The first kappa shape index (κ1) is 24.0. The van der Waals surface area contributed by atoms with Crippen LogP contribution in [0.15, 0.2) is 77.3 Å². The van der Waals surface area contributed by atoms with Gasteiger partial charge in [0.25, 0.3) is 11.8 Å². The molecule has 1 saturated heterocycles. The van der Waals surface area contributed by atoms with Crippen molar-refractivity contribution in [3.05, 3.63) is 94.0 Å². The van der Waals surface area contributed by atoms with Crippen LogP contribution in [0.4, 0.5) is 5.69 Å². The highest BCUT2D eigenvalue weighted by atomic mass is 79.9. The highest BCUT2D eigenvalue weighted by Crippen LogP contribution is 2.27. The van der Waals surface area contributed by atoms with Crippen LogP contribution in [0, 0.1) is 0 Å². The van der Waals surface area contributed by atoms with E-state index in [0.717, 1.165) is 19.5 Å². The number of halogens is 1. The molecular weight excluding hydrogens is 494 g/mol. The van der Waals surface area contributed by atoms with Crippen molar-refractivity contribution in [2.24, 2.45) is 0 Å². The largest absolute Gasteiger partial charge is 0.492 e. The third kappa shape index (κ3) is 6.04. The Labute approximate surface area is 208 Å². The van der Waals surface area contributed by atoms with Crippen LogP contribution in [0.1, 0.15) is 26.3 Å². The molecule has 0 spiro atoms. The van der Waals surface area contributed by atoms with Gasteiger partial charge in [-0.05, 0) is 58.9 Å². The highest BCUT2D eigenvalue weighted by Gasteiger charge is 2.23. The van der Waals surface area contributed by atoms with Crippen LogP contribution in [0.25, 0.3) is 0 Å². The number of amides is 2. The van der Waals surface area contributed by atoms with E-state index in [9.17, 15) is 9.59 Å². The van der Waals surface area contributed by atoms with Gasteiger partial charge in [-0.1, -0.05) is 42.5 Å². The summed E-state index contributed by atoms with van der Waals surface area (Å²) in [6.07, 6.45) is 0.799. The lowest BCUT2D eigenvalue weighted by molar-refractivity contribution is 0.0665. The van der Waals surface area contributed by atoms with Crippen LogP contribution in [-0.4, -0.2) is 61.4 Å². The molecule has 3 aromatic carbocycles. The minimum Gasteiger partial charge on any atom is -0.492 e. The van der Waals surface area contributed by atoms with Gasteiger partial charge in [-0.2, -0.15) is 0 Å². The van der Waals surface area contributed by atoms with E-state index >= 15 is 0 Å². The fraction of sp³-hybridized carbons (Fsp3) is 0.259. The second-order valence-corrected chi connectivity index (χ2v) is 9.18. The summed E-state index contributed by atoms with van der Waals surface area (Å²) in [6.45, 7) is 3.57. The Morgan fingerprint density at radius 1 is 0.941 bits per heavy atom. The fourth-order valence-electron chi connectivity index (χ4n) is 3.84. The van der Waals surface area contributed by atoms with E-state index in [1.807, 2.05) is 42.3 Å². The average molecular weight is 522 g/mol. The molecule has 0 unspecified atom stereocenters. The van der Waals surface area contributed by atoms with Gasteiger partial charge in [-0.25, -0.2) is 0 Å². The summed E-state index contributed by atoms with van der Waals surface area (Å²) < 4.78 is 6.59. The normalized spacial score (nSPS) is 14.0. The third-order valence-electron chi connectivity index (χ3n) is 5.88. The second-order valence-electron chi connectivity index (χ2n) is 8.32. The zero-order valence-electron chi connectivity index (χ0n) is 19.2. The fourth-order valence-corrected chi connectivity index (χ4v) is 4.33. The number of rotatable bonds is 7. The predicted molar refractivity (Wildman–Crippen MR) is 138 cm³/mol. The maximum Gasteiger partial charge on any atom is 0.256 e. The number of para-hydroxylation sites is 1. The number of hydrogen-bond acceptors (Lipinski definition) is 4. The van der Waals surface area contributed by atoms with Crippen LogP contribution in [0.3, 0.4) is 0 Å². The molecule has 0 atom stereocenters. The molecule has 3 aromatic rings. The van der Waals surface area contributed by atoms with Crippen molar-refractivity contribution in [1.82, 2.24) is 9.80 Å². The lowest BCUT2D eigenvalue weighted by Crippen LogP contribution is -2.47. The number of ether oxygens (including phenoxy) is 1. The standard InChI is InChI=1S/C27H28BrN3O3/c1-30-14-16-31(17-15-30)27(33)22-9-5-6-10-24(22)29-26(32)21-11-12-25(23(28)19-21)34-18-13-20-7-3-2-4-8-20/h2-12,19H,13-18H2,1H3,(H,29,32). The molecule has 7 heteroatoms. The van der Waals surface area contributed by atoms with Gasteiger partial charge < -0.3 is 19.9 Å². The first-order valence-electron chi connectivity index (χ1n) is 11.4. The molecule has 1 fully saturated rings. The monoisotopic (exact) mass is 521 g/mol. The van der Waals surface area contributed by atoms with Crippen LogP contribution >= 0.6 is 15.9 Å². The van der Waals surface area contributed by atoms with Gasteiger partial charge in [-0.3, -0.25) is 9.59 Å². The van der Waals surface area contributed by atoms with E-state index in [4.69, 9.17) is 4.74 Å². The quantitative estimate of drug-likeness (QED) is 0.489. The number of hydrogen-bond donors (Lipinski definition) is 1. The van der Waals surface area contributed by atoms with E-state index in [1.165, 1.54) is 5.56 Å². The van der Waals surface area contributed by atoms with E-state index in [-0.39, 0.29) is 11.8 Å². The molecule has 4 rings (SSSR count). The van der Waals surface area contributed by atoms with Crippen molar-refractivity contribution in [1.29, 1.82) is 0 Å². The molecule has 1 aliphatic heterocycles. The Morgan fingerprint density at radius 2 is 1.65 bits per heavy atom. The van der Waals surface area contributed by atoms with Gasteiger partial charge in [0.15, 0.2) is 0 Å². The zero-order chi connectivity index (χ0) is 23.9. The van der Waals surface area contributed by atoms with Crippen molar-refractivity contribution < 1.29 is 14.3 Å². The molecule has 0 radical (unpaired) electrons. The Morgan fingerprint density at radius 3 is 2.38 bits per heavy atom. The lowest BCUT2D eigenvalue weighted by atomic mass is 10.1. The Bertz CT molecular complexity index is 1140. The highest BCUT2D eigenvalue weighted by molar-refractivity contribution is 9.10. The molecule has 1 heterocycles. The molecular formula is C27H28BrN3O3. The molecule has 176 valence electrons. The molecule has 0 saturated carbocycles. The molecule has 0 aliphatic carbocycles.